The highest BCUT2D eigenvalue weighted by molar-refractivity contribution is 6.02. The Labute approximate surface area is 147 Å². The fraction of sp³-hybridized carbons (Fsp3) is 0.579. The lowest BCUT2D eigenvalue weighted by molar-refractivity contribution is 0.0928. The van der Waals surface area contributed by atoms with Crippen LogP contribution in [0.2, 0.25) is 0 Å². The lowest BCUT2D eigenvalue weighted by atomic mass is 9.80. The average Bonchev–Trinajstić information content (AvgIpc) is 2.98. The van der Waals surface area contributed by atoms with Gasteiger partial charge in [-0.25, -0.2) is 0 Å². The molecule has 1 aromatic rings. The third-order valence-corrected chi connectivity index (χ3v) is 6.04. The molecular weight excluding hydrogens is 320 g/mol. The molecule has 0 radical (unpaired) electrons. The van der Waals surface area contributed by atoms with E-state index in [1.807, 2.05) is 6.07 Å². The molecule has 0 spiro atoms. The first kappa shape index (κ1) is 16.4. The second kappa shape index (κ2) is 5.73. The Bertz CT molecular complexity index is 737. The van der Waals surface area contributed by atoms with Crippen LogP contribution >= 0.6 is 0 Å². The topological polar surface area (TPSA) is 76.7 Å². The lowest BCUT2D eigenvalue weighted by Gasteiger charge is -2.21. The number of fused-ring (bicyclic) bond motifs is 2. The van der Waals surface area contributed by atoms with Crippen LogP contribution in [-0.2, 0) is 10.2 Å². The van der Waals surface area contributed by atoms with Crippen molar-refractivity contribution in [1.82, 2.24) is 10.6 Å². The Morgan fingerprint density at radius 2 is 1.96 bits per heavy atom. The molecular formula is C19H24N2O4. The number of hydrogen-bond donors (Lipinski definition) is 2. The van der Waals surface area contributed by atoms with Gasteiger partial charge in [-0.2, -0.15) is 0 Å². The molecule has 2 N–H and O–H groups in total. The van der Waals surface area contributed by atoms with Gasteiger partial charge in [0.15, 0.2) is 0 Å². The number of carbonyl (C=O) groups is 2. The van der Waals surface area contributed by atoms with Crippen molar-refractivity contribution in [3.05, 3.63) is 28.8 Å². The van der Waals surface area contributed by atoms with Crippen molar-refractivity contribution in [2.45, 2.75) is 31.7 Å². The molecule has 3 aliphatic rings. The molecule has 2 fully saturated rings. The van der Waals surface area contributed by atoms with Gasteiger partial charge in [0.05, 0.1) is 25.4 Å². The molecule has 1 saturated heterocycles. The molecule has 6 heteroatoms. The summed E-state index contributed by atoms with van der Waals surface area (Å²) in [5.74, 6) is 1.14. The average molecular weight is 344 g/mol. The van der Waals surface area contributed by atoms with Crippen LogP contribution in [0.5, 0.6) is 5.75 Å². The van der Waals surface area contributed by atoms with E-state index < -0.39 is 0 Å². The highest BCUT2D eigenvalue weighted by atomic mass is 16.5. The number of nitrogens with one attached hydrogen (secondary N) is 2. The molecule has 2 heterocycles. The predicted octanol–water partition coefficient (Wildman–Crippen LogP) is 1.48. The van der Waals surface area contributed by atoms with Gasteiger partial charge >= 0.3 is 0 Å². The second-order valence-electron chi connectivity index (χ2n) is 7.55. The van der Waals surface area contributed by atoms with Crippen molar-refractivity contribution >= 4 is 11.8 Å². The number of amides is 2. The maximum atomic E-state index is 12.8. The Morgan fingerprint density at radius 3 is 2.60 bits per heavy atom. The van der Waals surface area contributed by atoms with E-state index in [4.69, 9.17) is 9.47 Å². The zero-order valence-electron chi connectivity index (χ0n) is 14.8. The predicted molar refractivity (Wildman–Crippen MR) is 92.0 cm³/mol. The van der Waals surface area contributed by atoms with Gasteiger partial charge in [-0.05, 0) is 18.6 Å². The molecule has 1 unspecified atom stereocenters. The Kier molecular flexibility index (Phi) is 3.76. The van der Waals surface area contributed by atoms with E-state index in [1.165, 1.54) is 0 Å². The first-order valence-corrected chi connectivity index (χ1v) is 8.90. The summed E-state index contributed by atoms with van der Waals surface area (Å²) in [6.45, 7) is 6.18. The summed E-state index contributed by atoms with van der Waals surface area (Å²) in [6, 6.07) is 3.73. The Balaban J connectivity index is 1.67. The number of rotatable bonds is 4. The normalized spacial score (nSPS) is 31.7. The van der Waals surface area contributed by atoms with Gasteiger partial charge in [0.1, 0.15) is 5.75 Å². The van der Waals surface area contributed by atoms with Crippen LogP contribution in [0, 0.1) is 11.8 Å². The monoisotopic (exact) mass is 344 g/mol. The van der Waals surface area contributed by atoms with E-state index in [0.717, 1.165) is 25.2 Å². The molecule has 0 bridgehead atoms. The summed E-state index contributed by atoms with van der Waals surface area (Å²) in [7, 11) is 1.58. The second-order valence-corrected chi connectivity index (χ2v) is 7.55. The van der Waals surface area contributed by atoms with Gasteiger partial charge in [0, 0.05) is 41.5 Å². The Morgan fingerprint density at radius 1 is 1.24 bits per heavy atom. The molecule has 1 saturated carbocycles. The summed E-state index contributed by atoms with van der Waals surface area (Å²) in [6.07, 6.45) is 0.877. The van der Waals surface area contributed by atoms with E-state index in [2.05, 4.69) is 24.5 Å². The van der Waals surface area contributed by atoms with Gasteiger partial charge in [-0.15, -0.1) is 0 Å². The molecule has 4 rings (SSSR count). The van der Waals surface area contributed by atoms with Crippen molar-refractivity contribution < 1.29 is 19.1 Å². The molecule has 6 nitrogen and oxygen atoms in total. The first-order valence-electron chi connectivity index (χ1n) is 8.90. The lowest BCUT2D eigenvalue weighted by Crippen LogP contribution is -2.31. The molecule has 134 valence electrons. The van der Waals surface area contributed by atoms with Gasteiger partial charge in [0.25, 0.3) is 11.8 Å². The summed E-state index contributed by atoms with van der Waals surface area (Å²) in [5.41, 5.74) is 1.72. The van der Waals surface area contributed by atoms with Crippen LogP contribution in [-0.4, -0.2) is 44.7 Å². The number of benzene rings is 1. The molecule has 1 aliphatic carbocycles. The zero-order chi connectivity index (χ0) is 17.8. The van der Waals surface area contributed by atoms with Crippen LogP contribution in [0.15, 0.2) is 12.1 Å². The van der Waals surface area contributed by atoms with E-state index in [1.54, 1.807) is 13.1 Å². The quantitative estimate of drug-likeness (QED) is 0.867. The van der Waals surface area contributed by atoms with Crippen molar-refractivity contribution in [3.8, 4) is 5.75 Å². The van der Waals surface area contributed by atoms with E-state index in [-0.39, 0.29) is 23.3 Å². The minimum absolute atomic E-state index is 0.127. The first-order chi connectivity index (χ1) is 12.0. The fourth-order valence-electron chi connectivity index (χ4n) is 3.96. The highest BCUT2D eigenvalue weighted by Gasteiger charge is 2.54. The number of carbonyl (C=O) groups excluding carboxylic acids is 2. The zero-order valence-corrected chi connectivity index (χ0v) is 14.8. The van der Waals surface area contributed by atoms with Crippen LogP contribution in [0.3, 0.4) is 0 Å². The van der Waals surface area contributed by atoms with Crippen LogP contribution in [0.4, 0.5) is 0 Å². The molecule has 4 atom stereocenters. The van der Waals surface area contributed by atoms with Crippen molar-refractivity contribution in [2.24, 2.45) is 11.8 Å². The molecule has 1 aromatic carbocycles. The van der Waals surface area contributed by atoms with Gasteiger partial charge in [0.2, 0.25) is 0 Å². The van der Waals surface area contributed by atoms with E-state index in [9.17, 15) is 9.59 Å². The third-order valence-electron chi connectivity index (χ3n) is 6.04. The standard InChI is InChI=1S/C19H24N2O4/c1-4-19(2)9-25-16-11(18(23)20-3)5-10(6-14(16)19)17(22)21-15-12-7-24-8-13(12)15/h5-6,12-13,15H,4,7-9H2,1-3H3,(H,20,23)(H,21,22)/t12-,13+,15?,19-/m0/s1. The summed E-state index contributed by atoms with van der Waals surface area (Å²) < 4.78 is 11.2. The fourth-order valence-corrected chi connectivity index (χ4v) is 3.96. The van der Waals surface area contributed by atoms with Gasteiger partial charge < -0.3 is 20.1 Å². The van der Waals surface area contributed by atoms with Crippen molar-refractivity contribution in [3.63, 3.8) is 0 Å². The van der Waals surface area contributed by atoms with Gasteiger partial charge in [-0.1, -0.05) is 13.8 Å². The van der Waals surface area contributed by atoms with Crippen LogP contribution in [0.1, 0.15) is 46.5 Å². The molecule has 2 aliphatic heterocycles. The summed E-state index contributed by atoms with van der Waals surface area (Å²) in [5, 5.41) is 5.74. The van der Waals surface area contributed by atoms with Crippen molar-refractivity contribution in [2.75, 3.05) is 26.9 Å². The smallest absolute Gasteiger partial charge is 0.254 e. The molecule has 2 amide bonds. The number of ether oxygens (including phenoxy) is 2. The SMILES string of the molecule is CC[C@@]1(C)COc2c(C(=O)NC)cc(C(=O)NC3[C@H]4COC[C@@H]34)cc21. The third kappa shape index (κ3) is 2.51. The van der Waals surface area contributed by atoms with E-state index in [0.29, 0.717) is 35.3 Å². The van der Waals surface area contributed by atoms with E-state index >= 15 is 0 Å². The number of hydrogen-bond acceptors (Lipinski definition) is 4. The summed E-state index contributed by atoms with van der Waals surface area (Å²) >= 11 is 0. The highest BCUT2D eigenvalue weighted by Crippen LogP contribution is 2.45. The minimum atomic E-state index is -0.233. The minimum Gasteiger partial charge on any atom is -0.492 e. The maximum absolute atomic E-state index is 12.8. The largest absolute Gasteiger partial charge is 0.492 e. The van der Waals surface area contributed by atoms with Crippen LogP contribution in [0.25, 0.3) is 0 Å². The Hall–Kier alpha value is -2.08. The maximum Gasteiger partial charge on any atom is 0.254 e. The van der Waals surface area contributed by atoms with Crippen molar-refractivity contribution in [1.29, 1.82) is 0 Å². The van der Waals surface area contributed by atoms with Gasteiger partial charge in [-0.3, -0.25) is 9.59 Å². The van der Waals surface area contributed by atoms with Crippen LogP contribution < -0.4 is 15.4 Å². The molecule has 0 aromatic heterocycles. The summed E-state index contributed by atoms with van der Waals surface area (Å²) in [4.78, 5) is 25.1. The molecule has 25 heavy (non-hydrogen) atoms.